The molecule has 0 saturated carbocycles. The van der Waals surface area contributed by atoms with Crippen molar-refractivity contribution in [2.75, 3.05) is 7.11 Å². The van der Waals surface area contributed by atoms with Crippen molar-refractivity contribution in [2.24, 2.45) is 0 Å². The van der Waals surface area contributed by atoms with Gasteiger partial charge in [0, 0.05) is 10.5 Å². The molecule has 94 valence electrons. The molecule has 0 radical (unpaired) electrons. The summed E-state index contributed by atoms with van der Waals surface area (Å²) in [6.45, 7) is 0. The predicted molar refractivity (Wildman–Crippen MR) is 77.0 cm³/mol. The molecule has 3 heteroatoms. The molecular weight excluding hydrogens is 256 g/mol. The first-order valence-corrected chi connectivity index (χ1v) is 6.53. The number of hydrogen-bond donors (Lipinski definition) is 0. The van der Waals surface area contributed by atoms with E-state index in [2.05, 4.69) is 11.2 Å². The van der Waals surface area contributed by atoms with Crippen molar-refractivity contribution >= 4 is 17.7 Å². The second-order valence-corrected chi connectivity index (χ2v) is 4.53. The maximum Gasteiger partial charge on any atom is 0.339 e. The fourth-order valence-corrected chi connectivity index (χ4v) is 2.18. The number of rotatable bonds is 2. The molecule has 0 aromatic heterocycles. The Bertz CT molecular complexity index is 624. The summed E-state index contributed by atoms with van der Waals surface area (Å²) >= 11 is 1.32. The van der Waals surface area contributed by atoms with E-state index in [-0.39, 0.29) is 5.97 Å². The molecule has 0 atom stereocenters. The summed E-state index contributed by atoms with van der Waals surface area (Å²) in [6, 6.07) is 17.0. The van der Waals surface area contributed by atoms with Gasteiger partial charge in [-0.15, -0.1) is 0 Å². The van der Waals surface area contributed by atoms with Gasteiger partial charge in [0.05, 0.1) is 12.7 Å². The number of carbonyl (C=O) groups is 1. The van der Waals surface area contributed by atoms with Crippen LogP contribution < -0.4 is 0 Å². The highest BCUT2D eigenvalue weighted by atomic mass is 32.2. The van der Waals surface area contributed by atoms with E-state index in [9.17, 15) is 4.79 Å². The second-order valence-electron chi connectivity index (χ2n) is 3.68. The topological polar surface area (TPSA) is 26.3 Å². The first-order valence-electron chi connectivity index (χ1n) is 5.71. The number of methoxy groups -OCH3 is 1. The molecular formula is C16H12O2S. The molecule has 0 unspecified atom stereocenters. The average Bonchev–Trinajstić information content (AvgIpc) is 2.48. The van der Waals surface area contributed by atoms with Gasteiger partial charge in [-0.1, -0.05) is 36.3 Å². The Morgan fingerprint density at radius 2 is 1.74 bits per heavy atom. The molecule has 2 rings (SSSR count). The highest BCUT2D eigenvalue weighted by Crippen LogP contribution is 2.22. The summed E-state index contributed by atoms with van der Waals surface area (Å²) in [6.07, 6.45) is 0. The first kappa shape index (κ1) is 13.3. The van der Waals surface area contributed by atoms with Gasteiger partial charge in [-0.05, 0) is 41.3 Å². The van der Waals surface area contributed by atoms with Crippen molar-refractivity contribution in [3.8, 4) is 11.2 Å². The Balaban J connectivity index is 2.17. The molecule has 2 aromatic carbocycles. The molecule has 2 aromatic rings. The first-order chi connectivity index (χ1) is 9.31. The Kier molecular flexibility index (Phi) is 4.66. The lowest BCUT2D eigenvalue weighted by atomic mass is 10.2. The van der Waals surface area contributed by atoms with Gasteiger partial charge in [0.15, 0.2) is 0 Å². The number of benzene rings is 2. The van der Waals surface area contributed by atoms with Gasteiger partial charge in [0.1, 0.15) is 0 Å². The van der Waals surface area contributed by atoms with E-state index < -0.39 is 0 Å². The largest absolute Gasteiger partial charge is 0.465 e. The minimum Gasteiger partial charge on any atom is -0.465 e. The summed E-state index contributed by atoms with van der Waals surface area (Å²) in [7, 11) is 1.37. The van der Waals surface area contributed by atoms with Gasteiger partial charge in [0.2, 0.25) is 0 Å². The summed E-state index contributed by atoms with van der Waals surface area (Å²) in [5, 5.41) is 3.00. The van der Waals surface area contributed by atoms with Gasteiger partial charge < -0.3 is 4.74 Å². The van der Waals surface area contributed by atoms with Crippen LogP contribution in [0.1, 0.15) is 15.9 Å². The molecule has 0 aliphatic carbocycles. The molecule has 0 spiro atoms. The zero-order chi connectivity index (χ0) is 13.5. The standard InChI is InChI=1S/C16H12O2S/c1-18-16(17)14-9-5-6-10-15(14)19-12-11-13-7-3-2-4-8-13/h2-10H,1H3. The molecule has 0 saturated heterocycles. The fraction of sp³-hybridized carbons (Fsp3) is 0.0625. The van der Waals surface area contributed by atoms with Crippen molar-refractivity contribution in [3.63, 3.8) is 0 Å². The van der Waals surface area contributed by atoms with Gasteiger partial charge in [-0.3, -0.25) is 0 Å². The van der Waals surface area contributed by atoms with Crippen molar-refractivity contribution < 1.29 is 9.53 Å². The maximum atomic E-state index is 11.6. The molecule has 2 nitrogen and oxygen atoms in total. The summed E-state index contributed by atoms with van der Waals surface area (Å²) in [5.74, 6) is 2.70. The third-order valence-electron chi connectivity index (χ3n) is 2.42. The minimum absolute atomic E-state index is 0.343. The van der Waals surface area contributed by atoms with Crippen molar-refractivity contribution in [1.82, 2.24) is 0 Å². The highest BCUT2D eigenvalue weighted by molar-refractivity contribution is 8.04. The molecule has 0 N–H and O–H groups in total. The monoisotopic (exact) mass is 268 g/mol. The van der Waals surface area contributed by atoms with Crippen LogP contribution >= 0.6 is 11.8 Å². The van der Waals surface area contributed by atoms with E-state index in [1.165, 1.54) is 18.9 Å². The number of hydrogen-bond acceptors (Lipinski definition) is 3. The van der Waals surface area contributed by atoms with Crippen LogP contribution in [0.4, 0.5) is 0 Å². The molecule has 0 aliphatic heterocycles. The van der Waals surface area contributed by atoms with E-state index in [1.54, 1.807) is 12.1 Å². The summed E-state index contributed by atoms with van der Waals surface area (Å²) < 4.78 is 4.74. The van der Waals surface area contributed by atoms with Crippen LogP contribution in [0, 0.1) is 11.2 Å². The lowest BCUT2D eigenvalue weighted by Gasteiger charge is -2.03. The van der Waals surface area contributed by atoms with E-state index >= 15 is 0 Å². The minimum atomic E-state index is -0.343. The second kappa shape index (κ2) is 6.67. The van der Waals surface area contributed by atoms with Gasteiger partial charge in [-0.2, -0.15) is 0 Å². The van der Waals surface area contributed by atoms with E-state index in [4.69, 9.17) is 4.74 Å². The third-order valence-corrected chi connectivity index (χ3v) is 3.20. The van der Waals surface area contributed by atoms with Gasteiger partial charge in [0.25, 0.3) is 0 Å². The van der Waals surface area contributed by atoms with Crippen LogP contribution in [0.15, 0.2) is 59.5 Å². The maximum absolute atomic E-state index is 11.6. The lowest BCUT2D eigenvalue weighted by Crippen LogP contribution is -2.02. The van der Waals surface area contributed by atoms with Crippen LogP contribution in [0.25, 0.3) is 0 Å². The molecule has 0 bridgehead atoms. The number of thioether (sulfide) groups is 1. The summed E-state index contributed by atoms with van der Waals surface area (Å²) in [4.78, 5) is 12.4. The van der Waals surface area contributed by atoms with Gasteiger partial charge in [-0.25, -0.2) is 4.79 Å². The quantitative estimate of drug-likeness (QED) is 0.473. The Morgan fingerprint density at radius 3 is 2.47 bits per heavy atom. The smallest absolute Gasteiger partial charge is 0.339 e. The van der Waals surface area contributed by atoms with Crippen LogP contribution in [0.5, 0.6) is 0 Å². The Hall–Kier alpha value is -2.18. The Morgan fingerprint density at radius 1 is 1.05 bits per heavy atom. The van der Waals surface area contributed by atoms with Crippen LogP contribution in [-0.4, -0.2) is 13.1 Å². The van der Waals surface area contributed by atoms with Crippen molar-refractivity contribution in [2.45, 2.75) is 4.90 Å². The van der Waals surface area contributed by atoms with Crippen molar-refractivity contribution in [1.29, 1.82) is 0 Å². The van der Waals surface area contributed by atoms with Crippen LogP contribution in [-0.2, 0) is 4.74 Å². The highest BCUT2D eigenvalue weighted by Gasteiger charge is 2.10. The van der Waals surface area contributed by atoms with Crippen LogP contribution in [0.3, 0.4) is 0 Å². The lowest BCUT2D eigenvalue weighted by molar-refractivity contribution is 0.0597. The molecule has 19 heavy (non-hydrogen) atoms. The average molecular weight is 268 g/mol. The number of ether oxygens (including phenoxy) is 1. The van der Waals surface area contributed by atoms with Crippen LogP contribution in [0.2, 0.25) is 0 Å². The van der Waals surface area contributed by atoms with Crippen molar-refractivity contribution in [3.05, 3.63) is 65.7 Å². The van der Waals surface area contributed by atoms with E-state index in [0.717, 1.165) is 10.5 Å². The predicted octanol–water partition coefficient (Wildman–Crippen LogP) is 3.57. The van der Waals surface area contributed by atoms with Gasteiger partial charge >= 0.3 is 5.97 Å². The number of esters is 1. The SMILES string of the molecule is COC(=O)c1ccccc1SC#Cc1ccccc1. The molecule has 0 amide bonds. The number of carbonyl (C=O) groups excluding carboxylic acids is 1. The Labute approximate surface area is 116 Å². The zero-order valence-corrected chi connectivity index (χ0v) is 11.2. The fourth-order valence-electron chi connectivity index (χ4n) is 1.50. The van der Waals surface area contributed by atoms with E-state index in [0.29, 0.717) is 5.56 Å². The summed E-state index contributed by atoms with van der Waals surface area (Å²) in [5.41, 5.74) is 1.49. The molecule has 0 aliphatic rings. The third kappa shape index (κ3) is 3.64. The molecule has 0 fully saturated rings. The van der Waals surface area contributed by atoms with E-state index in [1.807, 2.05) is 42.5 Å². The zero-order valence-electron chi connectivity index (χ0n) is 10.4. The normalized spacial score (nSPS) is 9.32. The molecule has 0 heterocycles.